The zero-order valence-electron chi connectivity index (χ0n) is 13.1. The SMILES string of the molecule is CCC(C)CC1CCC2(OCCCCCO2)C(C)C1. The first-order chi connectivity index (χ1) is 9.16. The second-order valence-electron chi connectivity index (χ2n) is 6.86. The second-order valence-corrected chi connectivity index (χ2v) is 6.86. The molecule has 0 bridgehead atoms. The van der Waals surface area contributed by atoms with Gasteiger partial charge in [0.15, 0.2) is 5.79 Å². The van der Waals surface area contributed by atoms with Crippen LogP contribution in [-0.4, -0.2) is 19.0 Å². The Bertz CT molecular complexity index is 256. The lowest BCUT2D eigenvalue weighted by Crippen LogP contribution is -2.47. The maximum atomic E-state index is 6.18. The van der Waals surface area contributed by atoms with Gasteiger partial charge in [-0.2, -0.15) is 0 Å². The Labute approximate surface area is 119 Å². The Morgan fingerprint density at radius 2 is 1.84 bits per heavy atom. The summed E-state index contributed by atoms with van der Waals surface area (Å²) in [6.45, 7) is 8.81. The third-order valence-corrected chi connectivity index (χ3v) is 5.25. The van der Waals surface area contributed by atoms with Crippen LogP contribution in [0.3, 0.4) is 0 Å². The van der Waals surface area contributed by atoms with Crippen molar-refractivity contribution in [3.63, 3.8) is 0 Å². The minimum atomic E-state index is -0.244. The van der Waals surface area contributed by atoms with Gasteiger partial charge in [-0.15, -0.1) is 0 Å². The van der Waals surface area contributed by atoms with Crippen molar-refractivity contribution < 1.29 is 9.47 Å². The van der Waals surface area contributed by atoms with Crippen molar-refractivity contribution in [3.05, 3.63) is 0 Å². The molecule has 2 aliphatic rings. The minimum Gasteiger partial charge on any atom is -0.350 e. The number of hydrogen-bond acceptors (Lipinski definition) is 2. The van der Waals surface area contributed by atoms with Crippen LogP contribution < -0.4 is 0 Å². The lowest BCUT2D eigenvalue weighted by molar-refractivity contribution is -0.287. The maximum absolute atomic E-state index is 6.18. The molecule has 1 saturated carbocycles. The van der Waals surface area contributed by atoms with Crippen LogP contribution in [0.5, 0.6) is 0 Å². The third-order valence-electron chi connectivity index (χ3n) is 5.25. The van der Waals surface area contributed by atoms with Gasteiger partial charge >= 0.3 is 0 Å². The van der Waals surface area contributed by atoms with E-state index in [-0.39, 0.29) is 5.79 Å². The molecule has 1 heterocycles. The summed E-state index contributed by atoms with van der Waals surface area (Å²) in [6.07, 6.45) is 10.0. The van der Waals surface area contributed by atoms with Crippen molar-refractivity contribution in [2.24, 2.45) is 17.8 Å². The van der Waals surface area contributed by atoms with Gasteiger partial charge in [0.05, 0.1) is 13.2 Å². The van der Waals surface area contributed by atoms with Crippen molar-refractivity contribution in [2.75, 3.05) is 13.2 Å². The van der Waals surface area contributed by atoms with Gasteiger partial charge in [-0.1, -0.05) is 27.2 Å². The fourth-order valence-electron chi connectivity index (χ4n) is 3.74. The van der Waals surface area contributed by atoms with Gasteiger partial charge in [0.2, 0.25) is 0 Å². The molecular formula is C17H32O2. The fraction of sp³-hybridized carbons (Fsp3) is 1.00. The highest BCUT2D eigenvalue weighted by Crippen LogP contribution is 2.43. The van der Waals surface area contributed by atoms with Gasteiger partial charge in [-0.25, -0.2) is 0 Å². The molecule has 2 nitrogen and oxygen atoms in total. The maximum Gasteiger partial charge on any atom is 0.170 e. The van der Waals surface area contributed by atoms with Crippen molar-refractivity contribution in [2.45, 2.75) is 77.9 Å². The molecule has 2 rings (SSSR count). The van der Waals surface area contributed by atoms with Crippen LogP contribution in [0.1, 0.15) is 72.1 Å². The van der Waals surface area contributed by atoms with Crippen molar-refractivity contribution in [1.29, 1.82) is 0 Å². The smallest absolute Gasteiger partial charge is 0.170 e. The molecule has 19 heavy (non-hydrogen) atoms. The van der Waals surface area contributed by atoms with E-state index in [0.717, 1.165) is 31.5 Å². The van der Waals surface area contributed by atoms with E-state index in [1.165, 1.54) is 44.9 Å². The average molecular weight is 268 g/mol. The highest BCUT2D eigenvalue weighted by molar-refractivity contribution is 4.86. The van der Waals surface area contributed by atoms with E-state index >= 15 is 0 Å². The quantitative estimate of drug-likeness (QED) is 0.734. The number of hydrogen-bond donors (Lipinski definition) is 0. The van der Waals surface area contributed by atoms with Crippen LogP contribution in [0.15, 0.2) is 0 Å². The summed E-state index contributed by atoms with van der Waals surface area (Å²) in [5.41, 5.74) is 0. The average Bonchev–Trinajstić information content (AvgIpc) is 2.37. The van der Waals surface area contributed by atoms with E-state index in [2.05, 4.69) is 20.8 Å². The first-order valence-electron chi connectivity index (χ1n) is 8.44. The summed E-state index contributed by atoms with van der Waals surface area (Å²) in [4.78, 5) is 0. The fourth-order valence-corrected chi connectivity index (χ4v) is 3.74. The molecule has 0 N–H and O–H groups in total. The summed E-state index contributed by atoms with van der Waals surface area (Å²) in [6, 6.07) is 0. The molecule has 1 aliphatic carbocycles. The van der Waals surface area contributed by atoms with Crippen LogP contribution in [0.4, 0.5) is 0 Å². The molecule has 3 atom stereocenters. The van der Waals surface area contributed by atoms with E-state index in [9.17, 15) is 0 Å². The standard InChI is InChI=1S/C17H32O2/c1-4-14(2)12-16-8-9-17(15(3)13-16)18-10-6-5-7-11-19-17/h14-16H,4-13H2,1-3H3. The van der Waals surface area contributed by atoms with E-state index in [1.807, 2.05) is 0 Å². The van der Waals surface area contributed by atoms with Crippen molar-refractivity contribution in [3.8, 4) is 0 Å². The molecule has 3 unspecified atom stereocenters. The first-order valence-corrected chi connectivity index (χ1v) is 8.44. The van der Waals surface area contributed by atoms with E-state index in [1.54, 1.807) is 0 Å². The monoisotopic (exact) mass is 268 g/mol. The molecular weight excluding hydrogens is 236 g/mol. The Kier molecular flexibility index (Phi) is 5.70. The largest absolute Gasteiger partial charge is 0.350 e. The van der Waals surface area contributed by atoms with Gasteiger partial charge in [0, 0.05) is 12.3 Å². The molecule has 2 heteroatoms. The third kappa shape index (κ3) is 3.95. The lowest BCUT2D eigenvalue weighted by atomic mass is 9.74. The summed E-state index contributed by atoms with van der Waals surface area (Å²) in [5.74, 6) is 2.05. The predicted molar refractivity (Wildman–Crippen MR) is 79.1 cm³/mol. The zero-order chi connectivity index (χ0) is 13.7. The van der Waals surface area contributed by atoms with Crippen LogP contribution >= 0.6 is 0 Å². The Morgan fingerprint density at radius 1 is 1.16 bits per heavy atom. The van der Waals surface area contributed by atoms with Gasteiger partial charge in [0.1, 0.15) is 0 Å². The topological polar surface area (TPSA) is 18.5 Å². The Balaban J connectivity index is 1.90. The van der Waals surface area contributed by atoms with Crippen molar-refractivity contribution >= 4 is 0 Å². The lowest BCUT2D eigenvalue weighted by Gasteiger charge is -2.45. The molecule has 2 fully saturated rings. The molecule has 1 spiro atoms. The van der Waals surface area contributed by atoms with E-state index < -0.39 is 0 Å². The molecule has 0 aromatic carbocycles. The second kappa shape index (κ2) is 7.08. The summed E-state index contributed by atoms with van der Waals surface area (Å²) in [7, 11) is 0. The van der Waals surface area contributed by atoms with E-state index in [4.69, 9.17) is 9.47 Å². The number of rotatable bonds is 3. The van der Waals surface area contributed by atoms with Crippen LogP contribution in [0, 0.1) is 17.8 Å². The highest BCUT2D eigenvalue weighted by Gasteiger charge is 2.43. The molecule has 0 aromatic rings. The van der Waals surface area contributed by atoms with Crippen LogP contribution in [-0.2, 0) is 9.47 Å². The molecule has 1 saturated heterocycles. The Hall–Kier alpha value is -0.0800. The molecule has 0 aromatic heterocycles. The van der Waals surface area contributed by atoms with E-state index in [0.29, 0.717) is 5.92 Å². The molecule has 112 valence electrons. The van der Waals surface area contributed by atoms with Gasteiger partial charge in [0.25, 0.3) is 0 Å². The van der Waals surface area contributed by atoms with Gasteiger partial charge in [-0.05, 0) is 50.4 Å². The predicted octanol–water partition coefficient (Wildman–Crippen LogP) is 4.77. The van der Waals surface area contributed by atoms with Gasteiger partial charge in [-0.3, -0.25) is 0 Å². The van der Waals surface area contributed by atoms with Gasteiger partial charge < -0.3 is 9.47 Å². The molecule has 1 aliphatic heterocycles. The molecule has 0 amide bonds. The normalized spacial score (nSPS) is 33.6. The summed E-state index contributed by atoms with van der Waals surface area (Å²) < 4.78 is 12.4. The van der Waals surface area contributed by atoms with Crippen LogP contribution in [0.2, 0.25) is 0 Å². The Morgan fingerprint density at radius 3 is 2.42 bits per heavy atom. The highest BCUT2D eigenvalue weighted by atomic mass is 16.7. The van der Waals surface area contributed by atoms with Crippen molar-refractivity contribution in [1.82, 2.24) is 0 Å². The summed E-state index contributed by atoms with van der Waals surface area (Å²) >= 11 is 0. The van der Waals surface area contributed by atoms with Crippen LogP contribution in [0.25, 0.3) is 0 Å². The summed E-state index contributed by atoms with van der Waals surface area (Å²) in [5, 5.41) is 0. The first kappa shape index (κ1) is 15.3. The minimum absolute atomic E-state index is 0.244. The zero-order valence-corrected chi connectivity index (χ0v) is 13.1. The number of ether oxygens (including phenoxy) is 2. The molecule has 0 radical (unpaired) electrons.